The van der Waals surface area contributed by atoms with Crippen LogP contribution in [0.4, 0.5) is 15.8 Å². The molecule has 2 rings (SSSR count). The molecule has 0 radical (unpaired) electrons. The van der Waals surface area contributed by atoms with Crippen LogP contribution in [0, 0.1) is 5.82 Å². The number of hydrogen-bond acceptors (Lipinski definition) is 3. The summed E-state index contributed by atoms with van der Waals surface area (Å²) in [6.07, 6.45) is 0. The minimum atomic E-state index is -0.587. The predicted octanol–water partition coefficient (Wildman–Crippen LogP) is 3.73. The van der Waals surface area contributed by atoms with Crippen LogP contribution in [0.3, 0.4) is 0 Å². The summed E-state index contributed by atoms with van der Waals surface area (Å²) < 4.78 is 18.3. The van der Waals surface area contributed by atoms with Crippen LogP contribution in [0.5, 0.6) is 5.75 Å². The van der Waals surface area contributed by atoms with E-state index in [1.54, 1.807) is 24.3 Å². The van der Waals surface area contributed by atoms with Gasteiger partial charge in [-0.1, -0.05) is 35.3 Å². The van der Waals surface area contributed by atoms with Crippen molar-refractivity contribution in [3.8, 4) is 5.75 Å². The van der Waals surface area contributed by atoms with Crippen molar-refractivity contribution in [3.05, 3.63) is 52.3 Å². The van der Waals surface area contributed by atoms with E-state index in [4.69, 9.17) is 33.7 Å². The van der Waals surface area contributed by atoms with Gasteiger partial charge >= 0.3 is 0 Å². The third-order valence-corrected chi connectivity index (χ3v) is 3.15. The van der Waals surface area contributed by atoms with E-state index in [0.717, 1.165) is 12.1 Å². The molecular weight excluding hydrogens is 318 g/mol. The zero-order valence-electron chi connectivity index (χ0n) is 10.7. The van der Waals surface area contributed by atoms with Crippen LogP contribution in [0.2, 0.25) is 10.0 Å². The highest BCUT2D eigenvalue weighted by Crippen LogP contribution is 2.31. The van der Waals surface area contributed by atoms with Gasteiger partial charge in [-0.15, -0.1) is 0 Å². The van der Waals surface area contributed by atoms with Gasteiger partial charge in [0.2, 0.25) is 0 Å². The lowest BCUT2D eigenvalue weighted by Gasteiger charge is -2.11. The Morgan fingerprint density at radius 1 is 1.24 bits per heavy atom. The van der Waals surface area contributed by atoms with Crippen molar-refractivity contribution < 1.29 is 13.9 Å². The maximum atomic E-state index is 13.0. The molecular formula is C14H11Cl2FN2O2. The Morgan fingerprint density at radius 3 is 2.48 bits per heavy atom. The first-order chi connectivity index (χ1) is 9.97. The summed E-state index contributed by atoms with van der Waals surface area (Å²) in [7, 11) is 0. The normalized spacial score (nSPS) is 10.2. The second-order valence-corrected chi connectivity index (χ2v) is 4.93. The molecule has 21 heavy (non-hydrogen) atoms. The zero-order chi connectivity index (χ0) is 15.4. The van der Waals surface area contributed by atoms with Gasteiger partial charge in [0.25, 0.3) is 5.91 Å². The van der Waals surface area contributed by atoms with E-state index in [0.29, 0.717) is 11.4 Å². The van der Waals surface area contributed by atoms with E-state index in [1.807, 2.05) is 0 Å². The number of hydrogen-bond donors (Lipinski definition) is 2. The summed E-state index contributed by atoms with van der Waals surface area (Å²) in [6, 6.07) is 8.89. The summed E-state index contributed by atoms with van der Waals surface area (Å²) in [5, 5.41) is 2.47. The molecule has 0 spiro atoms. The first kappa shape index (κ1) is 15.4. The number of nitrogens with one attached hydrogen (secondary N) is 1. The number of rotatable bonds is 4. The quantitative estimate of drug-likeness (QED) is 0.840. The van der Waals surface area contributed by atoms with Crippen LogP contribution < -0.4 is 15.8 Å². The van der Waals surface area contributed by atoms with Gasteiger partial charge in [0.1, 0.15) is 11.6 Å². The van der Waals surface area contributed by atoms with Crippen molar-refractivity contribution >= 4 is 40.5 Å². The molecule has 2 aromatic rings. The van der Waals surface area contributed by atoms with E-state index < -0.39 is 11.7 Å². The molecule has 0 saturated heterocycles. The smallest absolute Gasteiger partial charge is 0.262 e. The second kappa shape index (κ2) is 6.65. The summed E-state index contributed by atoms with van der Waals surface area (Å²) in [5.74, 6) is -0.686. The molecule has 2 aromatic carbocycles. The molecule has 4 nitrogen and oxygen atoms in total. The molecule has 0 aliphatic heterocycles. The Balaban J connectivity index is 2.01. The number of anilines is 2. The van der Waals surface area contributed by atoms with Crippen LogP contribution in [0.1, 0.15) is 0 Å². The second-order valence-electron chi connectivity index (χ2n) is 4.12. The summed E-state index contributed by atoms with van der Waals surface area (Å²) >= 11 is 11.6. The van der Waals surface area contributed by atoms with Gasteiger partial charge in [0, 0.05) is 0 Å². The molecule has 0 saturated carbocycles. The number of halogens is 3. The van der Waals surface area contributed by atoms with E-state index in [1.165, 1.54) is 0 Å². The molecule has 3 N–H and O–H groups in total. The number of nitrogen functional groups attached to an aromatic ring is 1. The van der Waals surface area contributed by atoms with E-state index >= 15 is 0 Å². The lowest BCUT2D eigenvalue weighted by Crippen LogP contribution is -2.21. The number of carbonyl (C=O) groups is 1. The molecule has 0 aliphatic carbocycles. The summed E-state index contributed by atoms with van der Waals surface area (Å²) in [4.78, 5) is 11.8. The number of benzene rings is 2. The van der Waals surface area contributed by atoms with Gasteiger partial charge in [-0.05, 0) is 24.3 Å². The summed E-state index contributed by atoms with van der Waals surface area (Å²) in [5.41, 5.74) is 6.24. The fourth-order valence-corrected chi connectivity index (χ4v) is 2.15. The average molecular weight is 329 g/mol. The van der Waals surface area contributed by atoms with Gasteiger partial charge in [0.15, 0.2) is 6.61 Å². The van der Waals surface area contributed by atoms with Crippen molar-refractivity contribution in [1.82, 2.24) is 0 Å². The molecule has 1 amide bonds. The highest BCUT2D eigenvalue weighted by Gasteiger charge is 2.12. The Labute approximate surface area is 130 Å². The number of amides is 1. The van der Waals surface area contributed by atoms with Crippen molar-refractivity contribution in [2.24, 2.45) is 0 Å². The van der Waals surface area contributed by atoms with Gasteiger partial charge in [-0.3, -0.25) is 4.79 Å². The highest BCUT2D eigenvalue weighted by molar-refractivity contribution is 6.39. The van der Waals surface area contributed by atoms with E-state index in [9.17, 15) is 9.18 Å². The Hall–Kier alpha value is -1.98. The Kier molecular flexibility index (Phi) is 4.88. The minimum absolute atomic E-state index is 0.00701. The first-order valence-corrected chi connectivity index (χ1v) is 6.64. The molecule has 110 valence electrons. The summed E-state index contributed by atoms with van der Waals surface area (Å²) in [6.45, 7) is -0.280. The average Bonchev–Trinajstić information content (AvgIpc) is 2.42. The van der Waals surface area contributed by atoms with Gasteiger partial charge < -0.3 is 15.8 Å². The van der Waals surface area contributed by atoms with Crippen molar-refractivity contribution in [2.45, 2.75) is 0 Å². The van der Waals surface area contributed by atoms with Crippen molar-refractivity contribution in [3.63, 3.8) is 0 Å². The Morgan fingerprint density at radius 2 is 1.86 bits per heavy atom. The maximum absolute atomic E-state index is 13.0. The minimum Gasteiger partial charge on any atom is -0.482 e. The fourth-order valence-electron chi connectivity index (χ4n) is 1.59. The first-order valence-electron chi connectivity index (χ1n) is 5.89. The number of ether oxygens (including phenoxy) is 1. The zero-order valence-corrected chi connectivity index (χ0v) is 12.2. The standard InChI is InChI=1S/C14H11Cl2FN2O2/c15-9-5-8(17)6-10(16)14(9)19-13(20)7-21-12-4-2-1-3-11(12)18/h1-6H,7,18H2,(H,19,20). The van der Waals surface area contributed by atoms with Gasteiger partial charge in [-0.25, -0.2) is 4.39 Å². The van der Waals surface area contributed by atoms with Gasteiger partial charge in [0.05, 0.1) is 21.4 Å². The van der Waals surface area contributed by atoms with Crippen LogP contribution in [0.25, 0.3) is 0 Å². The lowest BCUT2D eigenvalue weighted by atomic mass is 10.3. The number of nitrogens with two attached hydrogens (primary N) is 1. The molecule has 7 heteroatoms. The fraction of sp³-hybridized carbons (Fsp3) is 0.0714. The van der Waals surface area contributed by atoms with Crippen molar-refractivity contribution in [2.75, 3.05) is 17.7 Å². The molecule has 0 atom stereocenters. The number of carbonyl (C=O) groups excluding carboxylic acids is 1. The topological polar surface area (TPSA) is 64.3 Å². The van der Waals surface area contributed by atoms with Crippen LogP contribution in [-0.2, 0) is 4.79 Å². The number of para-hydroxylation sites is 2. The monoisotopic (exact) mass is 328 g/mol. The lowest BCUT2D eigenvalue weighted by molar-refractivity contribution is -0.118. The molecule has 0 heterocycles. The Bertz CT molecular complexity index is 657. The van der Waals surface area contributed by atoms with E-state index in [2.05, 4.69) is 5.32 Å². The third kappa shape index (κ3) is 4.00. The molecule has 0 aromatic heterocycles. The maximum Gasteiger partial charge on any atom is 0.262 e. The van der Waals surface area contributed by atoms with Gasteiger partial charge in [-0.2, -0.15) is 0 Å². The van der Waals surface area contributed by atoms with Crippen LogP contribution in [0.15, 0.2) is 36.4 Å². The van der Waals surface area contributed by atoms with Crippen LogP contribution in [-0.4, -0.2) is 12.5 Å². The molecule has 0 bridgehead atoms. The SMILES string of the molecule is Nc1ccccc1OCC(=O)Nc1c(Cl)cc(F)cc1Cl. The van der Waals surface area contributed by atoms with Crippen molar-refractivity contribution in [1.29, 1.82) is 0 Å². The third-order valence-electron chi connectivity index (χ3n) is 2.55. The van der Waals surface area contributed by atoms with Crippen LogP contribution >= 0.6 is 23.2 Å². The van der Waals surface area contributed by atoms with E-state index in [-0.39, 0.29) is 22.3 Å². The molecule has 0 unspecified atom stereocenters. The molecule has 0 fully saturated rings. The predicted molar refractivity (Wildman–Crippen MR) is 81.4 cm³/mol. The highest BCUT2D eigenvalue weighted by atomic mass is 35.5. The molecule has 0 aliphatic rings. The largest absolute Gasteiger partial charge is 0.482 e.